The summed E-state index contributed by atoms with van der Waals surface area (Å²) in [6.45, 7) is 4.42. The smallest absolute Gasteiger partial charge is 0.263 e. The lowest BCUT2D eigenvalue weighted by Gasteiger charge is -2.16. The third-order valence-electron chi connectivity index (χ3n) is 4.35. The van der Waals surface area contributed by atoms with Gasteiger partial charge in [0.15, 0.2) is 11.5 Å². The molecule has 1 fully saturated rings. The van der Waals surface area contributed by atoms with Gasteiger partial charge < -0.3 is 24.3 Å². The van der Waals surface area contributed by atoms with Gasteiger partial charge in [-0.3, -0.25) is 4.79 Å². The summed E-state index contributed by atoms with van der Waals surface area (Å²) >= 11 is 6.24. The van der Waals surface area contributed by atoms with Crippen LogP contribution in [0.2, 0.25) is 0 Å². The molecule has 2 aromatic rings. The molecule has 3 rings (SSSR count). The van der Waals surface area contributed by atoms with E-state index in [1.807, 2.05) is 30.3 Å². The maximum atomic E-state index is 11.9. The van der Waals surface area contributed by atoms with Crippen LogP contribution in [0.5, 0.6) is 23.0 Å². The summed E-state index contributed by atoms with van der Waals surface area (Å²) < 4.78 is 23.2. The minimum atomic E-state index is -0.220. The zero-order valence-corrected chi connectivity index (χ0v) is 18.9. The van der Waals surface area contributed by atoms with Gasteiger partial charge in [-0.15, -0.1) is 6.58 Å². The lowest BCUT2D eigenvalue weighted by molar-refractivity contribution is -0.115. The van der Waals surface area contributed by atoms with Crippen LogP contribution in [0.4, 0.5) is 0 Å². The van der Waals surface area contributed by atoms with Crippen LogP contribution in [0, 0.1) is 0 Å². The Labute approximate surface area is 191 Å². The van der Waals surface area contributed by atoms with E-state index in [0.717, 1.165) is 23.3 Å². The van der Waals surface area contributed by atoms with E-state index in [1.165, 1.54) is 11.8 Å². The molecule has 1 saturated heterocycles. The van der Waals surface area contributed by atoms with Gasteiger partial charge in [0.2, 0.25) is 5.75 Å². The minimum Gasteiger partial charge on any atom is -0.493 e. The summed E-state index contributed by atoms with van der Waals surface area (Å²) in [6, 6.07) is 11.4. The highest BCUT2D eigenvalue weighted by molar-refractivity contribution is 8.26. The maximum absolute atomic E-state index is 11.9. The van der Waals surface area contributed by atoms with Crippen LogP contribution >= 0.6 is 24.0 Å². The van der Waals surface area contributed by atoms with Gasteiger partial charge in [-0.25, -0.2) is 0 Å². The van der Waals surface area contributed by atoms with Crippen molar-refractivity contribution >= 4 is 40.3 Å². The number of ether oxygens (including phenoxy) is 4. The molecule has 31 heavy (non-hydrogen) atoms. The number of thioether (sulfide) groups is 1. The zero-order valence-electron chi connectivity index (χ0n) is 17.3. The Morgan fingerprint density at radius 3 is 2.35 bits per heavy atom. The molecule has 0 bridgehead atoms. The second-order valence-electron chi connectivity index (χ2n) is 6.40. The Kier molecular flexibility index (Phi) is 7.97. The van der Waals surface area contributed by atoms with Crippen LogP contribution in [0.25, 0.3) is 6.08 Å². The lowest BCUT2D eigenvalue weighted by Crippen LogP contribution is -2.17. The molecule has 1 amide bonds. The lowest BCUT2D eigenvalue weighted by atomic mass is 10.1. The number of allylic oxidation sites excluding steroid dienone is 1. The van der Waals surface area contributed by atoms with Gasteiger partial charge in [0.25, 0.3) is 5.91 Å². The quantitative estimate of drug-likeness (QED) is 0.246. The van der Waals surface area contributed by atoms with Gasteiger partial charge in [-0.05, 0) is 41.8 Å². The van der Waals surface area contributed by atoms with Crippen molar-refractivity contribution in [3.63, 3.8) is 0 Å². The van der Waals surface area contributed by atoms with E-state index in [2.05, 4.69) is 11.9 Å². The molecule has 2 aromatic carbocycles. The number of methoxy groups -OCH3 is 2. The Morgan fingerprint density at radius 2 is 1.74 bits per heavy atom. The van der Waals surface area contributed by atoms with E-state index in [0.29, 0.717) is 39.7 Å². The number of hydrogen-bond acceptors (Lipinski definition) is 7. The van der Waals surface area contributed by atoms with E-state index in [1.54, 1.807) is 32.4 Å². The molecular formula is C23H23NO5S2. The summed E-state index contributed by atoms with van der Waals surface area (Å²) in [7, 11) is 3.10. The fourth-order valence-electron chi connectivity index (χ4n) is 2.96. The van der Waals surface area contributed by atoms with Gasteiger partial charge >= 0.3 is 0 Å². The third kappa shape index (κ3) is 5.80. The number of carbonyl (C=O) groups is 1. The van der Waals surface area contributed by atoms with Gasteiger partial charge in [-0.1, -0.05) is 48.3 Å². The third-order valence-corrected chi connectivity index (χ3v) is 5.51. The van der Waals surface area contributed by atoms with Crippen LogP contribution in [0.1, 0.15) is 11.1 Å². The van der Waals surface area contributed by atoms with Gasteiger partial charge in [0.1, 0.15) is 23.3 Å². The molecular weight excluding hydrogens is 434 g/mol. The van der Waals surface area contributed by atoms with Crippen molar-refractivity contribution in [2.75, 3.05) is 27.4 Å². The summed E-state index contributed by atoms with van der Waals surface area (Å²) in [5.74, 6) is 2.03. The normalized spacial score (nSPS) is 14.3. The molecule has 1 aliphatic heterocycles. The van der Waals surface area contributed by atoms with Crippen molar-refractivity contribution in [2.45, 2.75) is 6.42 Å². The molecule has 0 aliphatic carbocycles. The van der Waals surface area contributed by atoms with E-state index in [-0.39, 0.29) is 5.91 Å². The molecule has 0 aromatic heterocycles. The summed E-state index contributed by atoms with van der Waals surface area (Å²) in [4.78, 5) is 12.4. The fourth-order valence-corrected chi connectivity index (χ4v) is 4.01. The molecule has 0 unspecified atom stereocenters. The van der Waals surface area contributed by atoms with Crippen molar-refractivity contribution in [1.29, 1.82) is 0 Å². The Bertz CT molecular complexity index is 994. The summed E-state index contributed by atoms with van der Waals surface area (Å²) in [5, 5.41) is 2.60. The predicted molar refractivity (Wildman–Crippen MR) is 127 cm³/mol. The Morgan fingerprint density at radius 1 is 1.06 bits per heavy atom. The van der Waals surface area contributed by atoms with Gasteiger partial charge in [0, 0.05) is 0 Å². The Balaban J connectivity index is 1.71. The monoisotopic (exact) mass is 457 g/mol. The van der Waals surface area contributed by atoms with E-state index >= 15 is 0 Å². The van der Waals surface area contributed by atoms with Crippen LogP contribution < -0.4 is 24.3 Å². The molecule has 0 atom stereocenters. The standard InChI is InChI=1S/C23H23NO5S2/c1-4-7-16-8-5-6-9-17(16)28-10-11-29-21-18(26-2)12-15(13-19(21)27-3)14-20-22(25)24-23(30)31-20/h4-6,8-9,12-14H,1,7,10-11H2,2-3H3,(H,24,25,30). The molecule has 0 radical (unpaired) electrons. The average molecular weight is 458 g/mol. The molecule has 1 heterocycles. The number of para-hydroxylation sites is 1. The van der Waals surface area contributed by atoms with Crippen molar-refractivity contribution < 1.29 is 23.7 Å². The molecule has 1 aliphatic rings. The molecule has 1 N–H and O–H groups in total. The number of rotatable bonds is 10. The second-order valence-corrected chi connectivity index (χ2v) is 8.12. The van der Waals surface area contributed by atoms with Crippen molar-refractivity contribution in [1.82, 2.24) is 5.32 Å². The predicted octanol–water partition coefficient (Wildman–Crippen LogP) is 4.38. The number of hydrogen-bond donors (Lipinski definition) is 1. The fraction of sp³-hybridized carbons (Fsp3) is 0.217. The van der Waals surface area contributed by atoms with E-state index in [9.17, 15) is 4.79 Å². The zero-order chi connectivity index (χ0) is 22.2. The first kappa shape index (κ1) is 22.7. The molecule has 0 spiro atoms. The molecule has 162 valence electrons. The average Bonchev–Trinajstić information content (AvgIpc) is 3.09. The van der Waals surface area contributed by atoms with Crippen molar-refractivity contribution in [3.05, 3.63) is 65.1 Å². The van der Waals surface area contributed by atoms with Crippen LogP contribution in [0.3, 0.4) is 0 Å². The van der Waals surface area contributed by atoms with Crippen molar-refractivity contribution in [2.24, 2.45) is 0 Å². The molecule has 6 nitrogen and oxygen atoms in total. The first-order valence-electron chi connectivity index (χ1n) is 9.51. The highest BCUT2D eigenvalue weighted by atomic mass is 32.2. The number of benzene rings is 2. The largest absolute Gasteiger partial charge is 0.493 e. The summed E-state index contributed by atoms with van der Waals surface area (Å²) in [6.07, 6.45) is 4.30. The number of thiocarbonyl (C=S) groups is 1. The number of nitrogens with one attached hydrogen (secondary N) is 1. The first-order valence-corrected chi connectivity index (χ1v) is 10.7. The van der Waals surface area contributed by atoms with Crippen LogP contribution in [-0.4, -0.2) is 37.7 Å². The highest BCUT2D eigenvalue weighted by Gasteiger charge is 2.23. The van der Waals surface area contributed by atoms with E-state index < -0.39 is 0 Å². The minimum absolute atomic E-state index is 0.220. The summed E-state index contributed by atoms with van der Waals surface area (Å²) in [5.41, 5.74) is 1.80. The van der Waals surface area contributed by atoms with Gasteiger partial charge in [-0.2, -0.15) is 0 Å². The topological polar surface area (TPSA) is 66.0 Å². The number of carbonyl (C=O) groups excluding carboxylic acids is 1. The second kappa shape index (κ2) is 10.9. The molecule has 0 saturated carbocycles. The van der Waals surface area contributed by atoms with E-state index in [4.69, 9.17) is 31.2 Å². The first-order chi connectivity index (χ1) is 15.0. The Hall–Kier alpha value is -2.97. The van der Waals surface area contributed by atoms with Crippen LogP contribution in [-0.2, 0) is 11.2 Å². The van der Waals surface area contributed by atoms with Crippen LogP contribution in [0.15, 0.2) is 54.0 Å². The maximum Gasteiger partial charge on any atom is 0.263 e. The SMILES string of the molecule is C=CCc1ccccc1OCCOc1c(OC)cc(C=C2SC(=S)NC2=O)cc1OC. The molecule has 8 heteroatoms. The van der Waals surface area contributed by atoms with Crippen molar-refractivity contribution in [3.8, 4) is 23.0 Å². The highest BCUT2D eigenvalue weighted by Crippen LogP contribution is 2.40. The number of amides is 1. The van der Waals surface area contributed by atoms with Gasteiger partial charge in [0.05, 0.1) is 19.1 Å².